The molecule has 0 heterocycles. The van der Waals surface area contributed by atoms with Crippen molar-refractivity contribution in [2.24, 2.45) is 0 Å². The van der Waals surface area contributed by atoms with Gasteiger partial charge in [0.05, 0.1) is 12.7 Å². The molecule has 1 atom stereocenters. The van der Waals surface area contributed by atoms with E-state index in [1.807, 2.05) is 0 Å². The summed E-state index contributed by atoms with van der Waals surface area (Å²) in [4.78, 5) is 1.25. The van der Waals surface area contributed by atoms with Gasteiger partial charge in [0, 0.05) is 17.3 Å². The second kappa shape index (κ2) is 8.57. The van der Waals surface area contributed by atoms with Crippen molar-refractivity contribution in [3.8, 4) is 0 Å². The molecule has 0 fully saturated rings. The quantitative estimate of drug-likeness (QED) is 0.577. The number of aryl methyl sites for hydroxylation is 2. The average Bonchev–Trinajstić information content (AvgIpc) is 2.36. The lowest BCUT2D eigenvalue weighted by Crippen LogP contribution is -2.18. The van der Waals surface area contributed by atoms with Gasteiger partial charge in [-0.3, -0.25) is 0 Å². The number of hydrogen-bond donors (Lipinski definition) is 1. The number of ether oxygens (including phenoxy) is 1. The van der Waals surface area contributed by atoms with Gasteiger partial charge < -0.3 is 9.84 Å². The topological polar surface area (TPSA) is 29.5 Å². The van der Waals surface area contributed by atoms with Gasteiger partial charge in [-0.25, -0.2) is 0 Å². The molecule has 102 valence electrons. The summed E-state index contributed by atoms with van der Waals surface area (Å²) in [7, 11) is 0. The summed E-state index contributed by atoms with van der Waals surface area (Å²) in [6.07, 6.45) is 1.82. The largest absolute Gasteiger partial charge is 0.390 e. The maximum atomic E-state index is 9.82. The molecular formula is C15H24O2S. The molecule has 0 saturated carbocycles. The third kappa shape index (κ3) is 5.89. The zero-order valence-corrected chi connectivity index (χ0v) is 12.4. The molecule has 3 heteroatoms. The van der Waals surface area contributed by atoms with E-state index >= 15 is 0 Å². The number of thioether (sulfide) groups is 1. The molecule has 1 aromatic carbocycles. The van der Waals surface area contributed by atoms with Crippen molar-refractivity contribution in [1.82, 2.24) is 0 Å². The molecule has 0 amide bonds. The maximum Gasteiger partial charge on any atom is 0.0867 e. The van der Waals surface area contributed by atoms with Crippen molar-refractivity contribution >= 4 is 11.8 Å². The molecule has 1 aromatic rings. The van der Waals surface area contributed by atoms with Crippen LogP contribution in [0.25, 0.3) is 0 Å². The smallest absolute Gasteiger partial charge is 0.0867 e. The predicted octanol–water partition coefficient (Wildman–Crippen LogP) is 3.57. The molecule has 0 aliphatic rings. The monoisotopic (exact) mass is 268 g/mol. The molecule has 18 heavy (non-hydrogen) atoms. The van der Waals surface area contributed by atoms with E-state index in [0.29, 0.717) is 12.4 Å². The zero-order chi connectivity index (χ0) is 13.4. The highest BCUT2D eigenvalue weighted by Crippen LogP contribution is 2.24. The van der Waals surface area contributed by atoms with Crippen LogP contribution < -0.4 is 0 Å². The van der Waals surface area contributed by atoms with Crippen molar-refractivity contribution in [3.05, 3.63) is 29.3 Å². The molecule has 0 spiro atoms. The molecule has 0 bridgehead atoms. The van der Waals surface area contributed by atoms with E-state index in [-0.39, 0.29) is 6.10 Å². The minimum atomic E-state index is -0.383. The van der Waals surface area contributed by atoms with Crippen LogP contribution in [0.2, 0.25) is 0 Å². The third-order valence-corrected chi connectivity index (χ3v) is 4.03. The summed E-state index contributed by atoms with van der Waals surface area (Å²) < 4.78 is 5.41. The van der Waals surface area contributed by atoms with Crippen LogP contribution in [0.4, 0.5) is 0 Å². The molecule has 1 rings (SSSR count). The first-order valence-electron chi connectivity index (χ1n) is 6.59. The van der Waals surface area contributed by atoms with Crippen LogP contribution >= 0.6 is 11.8 Å². The van der Waals surface area contributed by atoms with E-state index < -0.39 is 0 Å². The van der Waals surface area contributed by atoms with Gasteiger partial charge in [0.25, 0.3) is 0 Å². The fraction of sp³-hybridized carbons (Fsp3) is 0.600. The van der Waals surface area contributed by atoms with E-state index in [4.69, 9.17) is 4.74 Å². The Morgan fingerprint density at radius 1 is 1.33 bits per heavy atom. The zero-order valence-electron chi connectivity index (χ0n) is 11.6. The molecule has 1 N–H and O–H groups in total. The molecule has 0 aliphatic heterocycles. The number of unbranched alkanes of at least 4 members (excludes halogenated alkanes) is 1. The lowest BCUT2D eigenvalue weighted by atomic mass is 10.2. The number of rotatable bonds is 8. The lowest BCUT2D eigenvalue weighted by Gasteiger charge is -2.12. The first-order valence-corrected chi connectivity index (χ1v) is 7.58. The molecule has 2 nitrogen and oxygen atoms in total. The Morgan fingerprint density at radius 2 is 2.11 bits per heavy atom. The molecule has 0 aromatic heterocycles. The SMILES string of the molecule is CCCCOCC(O)CSc1cc(C)ccc1C. The van der Waals surface area contributed by atoms with E-state index in [1.54, 1.807) is 11.8 Å². The Balaban J connectivity index is 2.29. The fourth-order valence-electron chi connectivity index (χ4n) is 1.56. The highest BCUT2D eigenvalue weighted by atomic mass is 32.2. The van der Waals surface area contributed by atoms with Crippen molar-refractivity contribution in [3.63, 3.8) is 0 Å². The Kier molecular flexibility index (Phi) is 7.40. The normalized spacial score (nSPS) is 12.7. The first kappa shape index (κ1) is 15.5. The van der Waals surface area contributed by atoms with Gasteiger partial charge in [-0.2, -0.15) is 0 Å². The van der Waals surface area contributed by atoms with Crippen LogP contribution in [0.3, 0.4) is 0 Å². The van der Waals surface area contributed by atoms with Crippen LogP contribution in [0, 0.1) is 13.8 Å². The maximum absolute atomic E-state index is 9.82. The summed E-state index contributed by atoms with van der Waals surface area (Å²) in [5.74, 6) is 0.691. The molecule has 0 saturated heterocycles. The highest BCUT2D eigenvalue weighted by Gasteiger charge is 2.07. The summed E-state index contributed by atoms with van der Waals surface area (Å²) >= 11 is 1.70. The van der Waals surface area contributed by atoms with Crippen molar-refractivity contribution in [1.29, 1.82) is 0 Å². The predicted molar refractivity (Wildman–Crippen MR) is 78.4 cm³/mol. The first-order chi connectivity index (χ1) is 8.63. The Bertz CT molecular complexity index is 352. The summed E-state index contributed by atoms with van der Waals surface area (Å²) in [6.45, 7) is 7.52. The van der Waals surface area contributed by atoms with Gasteiger partial charge in [0.1, 0.15) is 0 Å². The highest BCUT2D eigenvalue weighted by molar-refractivity contribution is 7.99. The van der Waals surface area contributed by atoms with E-state index in [9.17, 15) is 5.11 Å². The Hall–Kier alpha value is -0.510. The van der Waals surface area contributed by atoms with E-state index in [1.165, 1.54) is 16.0 Å². The van der Waals surface area contributed by atoms with Crippen LogP contribution in [-0.2, 0) is 4.74 Å². The van der Waals surface area contributed by atoms with Crippen molar-refractivity contribution < 1.29 is 9.84 Å². The van der Waals surface area contributed by atoms with Crippen LogP contribution in [-0.4, -0.2) is 30.2 Å². The van der Waals surface area contributed by atoms with E-state index in [2.05, 4.69) is 39.0 Å². The van der Waals surface area contributed by atoms with Gasteiger partial charge in [0.2, 0.25) is 0 Å². The summed E-state index contributed by atoms with van der Waals surface area (Å²) in [5, 5.41) is 9.82. The molecule has 0 radical (unpaired) electrons. The Morgan fingerprint density at radius 3 is 2.83 bits per heavy atom. The van der Waals surface area contributed by atoms with Gasteiger partial charge in [-0.15, -0.1) is 11.8 Å². The minimum absolute atomic E-state index is 0.383. The molecular weight excluding hydrogens is 244 g/mol. The fourth-order valence-corrected chi connectivity index (χ4v) is 2.60. The summed E-state index contributed by atoms with van der Waals surface area (Å²) in [6, 6.07) is 6.41. The molecule has 1 unspecified atom stereocenters. The second-order valence-electron chi connectivity index (χ2n) is 4.66. The number of aliphatic hydroxyl groups is 1. The van der Waals surface area contributed by atoms with Gasteiger partial charge >= 0.3 is 0 Å². The van der Waals surface area contributed by atoms with Crippen molar-refractivity contribution in [2.75, 3.05) is 19.0 Å². The number of hydrogen-bond acceptors (Lipinski definition) is 3. The van der Waals surface area contributed by atoms with Gasteiger partial charge in [-0.05, 0) is 31.9 Å². The molecule has 0 aliphatic carbocycles. The Labute approximate surface area is 115 Å². The number of benzene rings is 1. The van der Waals surface area contributed by atoms with Crippen LogP contribution in [0.1, 0.15) is 30.9 Å². The third-order valence-electron chi connectivity index (χ3n) is 2.73. The van der Waals surface area contributed by atoms with E-state index in [0.717, 1.165) is 19.4 Å². The number of aliphatic hydroxyl groups excluding tert-OH is 1. The van der Waals surface area contributed by atoms with Crippen LogP contribution in [0.5, 0.6) is 0 Å². The van der Waals surface area contributed by atoms with Crippen molar-refractivity contribution in [2.45, 2.75) is 44.6 Å². The van der Waals surface area contributed by atoms with Gasteiger partial charge in [0.15, 0.2) is 0 Å². The van der Waals surface area contributed by atoms with Gasteiger partial charge in [-0.1, -0.05) is 31.0 Å². The second-order valence-corrected chi connectivity index (χ2v) is 5.72. The minimum Gasteiger partial charge on any atom is -0.390 e. The standard InChI is InChI=1S/C15H24O2S/c1-4-5-8-17-10-14(16)11-18-15-9-12(2)6-7-13(15)3/h6-7,9,14,16H,4-5,8,10-11H2,1-3H3. The van der Waals surface area contributed by atoms with Crippen LogP contribution in [0.15, 0.2) is 23.1 Å². The average molecular weight is 268 g/mol. The lowest BCUT2D eigenvalue weighted by molar-refractivity contribution is 0.0473. The summed E-state index contributed by atoms with van der Waals surface area (Å²) in [5.41, 5.74) is 2.53.